The monoisotopic (exact) mass is 342 g/mol. The summed E-state index contributed by atoms with van der Waals surface area (Å²) in [6, 6.07) is 8.25. The molecule has 1 amide bonds. The Morgan fingerprint density at radius 3 is 2.72 bits per heavy atom. The molecule has 9 nitrogen and oxygen atoms in total. The Hall–Kier alpha value is -3.23. The molecule has 0 aliphatic carbocycles. The molecule has 2 heterocycles. The Morgan fingerprint density at radius 1 is 1.40 bits per heavy atom. The van der Waals surface area contributed by atoms with E-state index < -0.39 is 11.0 Å². The molecule has 0 spiro atoms. The van der Waals surface area contributed by atoms with E-state index in [1.807, 2.05) is 38.2 Å². The zero-order valence-corrected chi connectivity index (χ0v) is 14.1. The Bertz CT molecular complexity index is 958. The first-order valence-electron chi connectivity index (χ1n) is 7.85. The number of para-hydroxylation sites is 2. The first kappa shape index (κ1) is 16.6. The summed E-state index contributed by atoms with van der Waals surface area (Å²) in [6.45, 7) is 3.51. The number of carbonyl (C=O) groups is 1. The number of imidazole rings is 1. The molecule has 0 fully saturated rings. The fourth-order valence-corrected chi connectivity index (χ4v) is 2.80. The number of anilines is 1. The lowest BCUT2D eigenvalue weighted by Gasteiger charge is -2.14. The van der Waals surface area contributed by atoms with Crippen molar-refractivity contribution in [1.29, 1.82) is 0 Å². The van der Waals surface area contributed by atoms with Gasteiger partial charge in [-0.25, -0.2) is 4.98 Å². The van der Waals surface area contributed by atoms with Crippen LogP contribution < -0.4 is 5.32 Å². The van der Waals surface area contributed by atoms with Crippen LogP contribution in [0, 0.1) is 17.0 Å². The number of amides is 1. The number of nitrogens with one attached hydrogen (secondary N) is 1. The van der Waals surface area contributed by atoms with Gasteiger partial charge < -0.3 is 14.7 Å². The van der Waals surface area contributed by atoms with Crippen LogP contribution in [0.4, 0.5) is 11.8 Å². The predicted octanol–water partition coefficient (Wildman–Crippen LogP) is 2.58. The second-order valence-electron chi connectivity index (χ2n) is 5.74. The molecular weight excluding hydrogens is 324 g/mol. The summed E-state index contributed by atoms with van der Waals surface area (Å²) < 4.78 is 3.18. The van der Waals surface area contributed by atoms with Crippen LogP contribution in [0.2, 0.25) is 0 Å². The summed E-state index contributed by atoms with van der Waals surface area (Å²) in [6.07, 6.45) is 0.440. The number of aromatic nitrogens is 4. The summed E-state index contributed by atoms with van der Waals surface area (Å²) in [5, 5.41) is 17.6. The lowest BCUT2D eigenvalue weighted by Crippen LogP contribution is -2.28. The Morgan fingerprint density at radius 2 is 2.12 bits per heavy atom. The minimum atomic E-state index is -0.659. The van der Waals surface area contributed by atoms with E-state index in [1.54, 1.807) is 11.5 Å². The number of carbonyl (C=O) groups excluding carboxylic acids is 1. The molecule has 0 bridgehead atoms. The minimum absolute atomic E-state index is 0.272. The molecule has 0 saturated carbocycles. The van der Waals surface area contributed by atoms with E-state index in [-0.39, 0.29) is 11.7 Å². The Kier molecular flexibility index (Phi) is 4.22. The quantitative estimate of drug-likeness (QED) is 0.566. The molecule has 1 aromatic carbocycles. The van der Waals surface area contributed by atoms with E-state index in [2.05, 4.69) is 15.4 Å². The molecule has 1 N–H and O–H groups in total. The highest BCUT2D eigenvalue weighted by Crippen LogP contribution is 2.22. The van der Waals surface area contributed by atoms with E-state index in [1.165, 1.54) is 10.7 Å². The fourth-order valence-electron chi connectivity index (χ4n) is 2.80. The number of fused-ring (bicyclic) bond motifs is 1. The molecule has 2 aromatic heterocycles. The predicted molar refractivity (Wildman–Crippen MR) is 92.3 cm³/mol. The van der Waals surface area contributed by atoms with Crippen LogP contribution in [0.25, 0.3) is 11.0 Å². The number of benzene rings is 1. The second-order valence-corrected chi connectivity index (χ2v) is 5.74. The van der Waals surface area contributed by atoms with Crippen molar-refractivity contribution in [3.63, 3.8) is 0 Å². The average molecular weight is 342 g/mol. The van der Waals surface area contributed by atoms with Crippen molar-refractivity contribution in [1.82, 2.24) is 19.3 Å². The van der Waals surface area contributed by atoms with Gasteiger partial charge in [0.25, 0.3) is 5.91 Å². The third kappa shape index (κ3) is 2.95. The van der Waals surface area contributed by atoms with Crippen LogP contribution in [-0.2, 0) is 11.8 Å². The largest absolute Gasteiger partial charge is 0.390 e. The van der Waals surface area contributed by atoms with Gasteiger partial charge in [-0.3, -0.25) is 10.1 Å². The topological polar surface area (TPSA) is 108 Å². The highest BCUT2D eigenvalue weighted by atomic mass is 16.6. The molecule has 0 radical (unpaired) electrons. The zero-order chi connectivity index (χ0) is 18.1. The first-order valence-corrected chi connectivity index (χ1v) is 7.85. The van der Waals surface area contributed by atoms with Crippen LogP contribution in [0.3, 0.4) is 0 Å². The molecule has 3 rings (SSSR count). The molecular formula is C16H18N6O3. The van der Waals surface area contributed by atoms with Gasteiger partial charge in [0.15, 0.2) is 6.04 Å². The fraction of sp³-hybridized carbons (Fsp3) is 0.312. The van der Waals surface area contributed by atoms with Crippen molar-refractivity contribution >= 4 is 28.7 Å². The second kappa shape index (κ2) is 6.34. The van der Waals surface area contributed by atoms with Gasteiger partial charge in [0, 0.05) is 7.05 Å². The number of hydrogen-bond donors (Lipinski definition) is 1. The van der Waals surface area contributed by atoms with Crippen molar-refractivity contribution in [2.45, 2.75) is 26.3 Å². The van der Waals surface area contributed by atoms with Crippen molar-refractivity contribution in [3.05, 3.63) is 46.1 Å². The normalized spacial score (nSPS) is 12.3. The maximum absolute atomic E-state index is 12.7. The molecule has 0 aliphatic heterocycles. The number of aryl methyl sites for hydroxylation is 2. The standard InChI is InChI=1S/C16H18N6O3/c1-4-12(21-10(2)9-14(19-21)22(24)25)15(23)18-16-17-11-7-5-6-8-13(11)20(16)3/h5-9,12H,4H2,1-3H3,(H,17,18,23). The molecule has 1 atom stereocenters. The van der Waals surface area contributed by atoms with Crippen molar-refractivity contribution < 1.29 is 9.72 Å². The van der Waals surface area contributed by atoms with Crippen LogP contribution in [0.15, 0.2) is 30.3 Å². The maximum atomic E-state index is 12.7. The maximum Gasteiger partial charge on any atom is 0.390 e. The van der Waals surface area contributed by atoms with Crippen LogP contribution >= 0.6 is 0 Å². The molecule has 0 aliphatic rings. The Balaban J connectivity index is 1.90. The van der Waals surface area contributed by atoms with Gasteiger partial charge in [-0.2, -0.15) is 4.68 Å². The van der Waals surface area contributed by atoms with Gasteiger partial charge in [0.05, 0.1) is 27.9 Å². The lowest BCUT2D eigenvalue weighted by molar-refractivity contribution is -0.389. The van der Waals surface area contributed by atoms with Gasteiger partial charge in [-0.15, -0.1) is 0 Å². The summed E-state index contributed by atoms with van der Waals surface area (Å²) in [4.78, 5) is 27.4. The van der Waals surface area contributed by atoms with Crippen LogP contribution in [0.5, 0.6) is 0 Å². The van der Waals surface area contributed by atoms with E-state index >= 15 is 0 Å². The highest BCUT2D eigenvalue weighted by molar-refractivity contribution is 5.94. The van der Waals surface area contributed by atoms with Crippen LogP contribution in [-0.4, -0.2) is 30.2 Å². The highest BCUT2D eigenvalue weighted by Gasteiger charge is 2.28. The minimum Gasteiger partial charge on any atom is -0.358 e. The third-order valence-corrected chi connectivity index (χ3v) is 4.10. The van der Waals surface area contributed by atoms with Gasteiger partial charge in [-0.05, 0) is 30.4 Å². The number of nitrogens with zero attached hydrogens (tertiary/aromatic N) is 5. The molecule has 130 valence electrons. The van der Waals surface area contributed by atoms with Crippen molar-refractivity contribution in [2.75, 3.05) is 5.32 Å². The van der Waals surface area contributed by atoms with E-state index in [0.29, 0.717) is 18.1 Å². The SMILES string of the molecule is CCC(C(=O)Nc1nc2ccccc2n1C)n1nc([N+](=O)[O-])cc1C. The van der Waals surface area contributed by atoms with E-state index in [0.717, 1.165) is 11.0 Å². The van der Waals surface area contributed by atoms with Crippen molar-refractivity contribution in [3.8, 4) is 0 Å². The third-order valence-electron chi connectivity index (χ3n) is 4.10. The zero-order valence-electron chi connectivity index (χ0n) is 14.1. The summed E-state index contributed by atoms with van der Waals surface area (Å²) >= 11 is 0. The lowest BCUT2D eigenvalue weighted by atomic mass is 10.2. The van der Waals surface area contributed by atoms with Gasteiger partial charge >= 0.3 is 5.82 Å². The van der Waals surface area contributed by atoms with E-state index in [4.69, 9.17) is 0 Å². The van der Waals surface area contributed by atoms with Gasteiger partial charge in [-0.1, -0.05) is 19.1 Å². The molecule has 0 saturated heterocycles. The average Bonchev–Trinajstić information content (AvgIpc) is 3.10. The summed E-state index contributed by atoms with van der Waals surface area (Å²) in [5.74, 6) is -0.169. The number of hydrogen-bond acceptors (Lipinski definition) is 5. The molecule has 25 heavy (non-hydrogen) atoms. The smallest absolute Gasteiger partial charge is 0.358 e. The number of nitro groups is 1. The van der Waals surface area contributed by atoms with E-state index in [9.17, 15) is 14.9 Å². The Labute approximate surface area is 143 Å². The summed E-state index contributed by atoms with van der Waals surface area (Å²) in [7, 11) is 1.82. The van der Waals surface area contributed by atoms with Crippen LogP contribution in [0.1, 0.15) is 25.1 Å². The van der Waals surface area contributed by atoms with Gasteiger partial charge in [0.2, 0.25) is 5.95 Å². The molecule has 3 aromatic rings. The molecule has 9 heteroatoms. The first-order chi connectivity index (χ1) is 11.9. The number of rotatable bonds is 5. The van der Waals surface area contributed by atoms with Crippen molar-refractivity contribution in [2.24, 2.45) is 7.05 Å². The summed E-state index contributed by atoms with van der Waals surface area (Å²) in [5.41, 5.74) is 2.23. The molecule has 1 unspecified atom stereocenters. The van der Waals surface area contributed by atoms with Gasteiger partial charge in [0.1, 0.15) is 0 Å².